The van der Waals surface area contributed by atoms with Crippen molar-refractivity contribution >= 4 is 28.7 Å². The monoisotopic (exact) mass is 405 g/mol. The summed E-state index contributed by atoms with van der Waals surface area (Å²) in [5.41, 5.74) is 3.82. The van der Waals surface area contributed by atoms with Gasteiger partial charge < -0.3 is 24.1 Å². The molecule has 0 atom stereocenters. The number of nitrogens with zero attached hydrogens (tertiary/aromatic N) is 2. The highest BCUT2D eigenvalue weighted by Gasteiger charge is 2.46. The number of carbonyl (C=O) groups is 1. The quantitative estimate of drug-likeness (QED) is 0.715. The lowest BCUT2D eigenvalue weighted by Gasteiger charge is -2.50. The van der Waals surface area contributed by atoms with Gasteiger partial charge in [0.05, 0.1) is 19.7 Å². The molecule has 4 heterocycles. The zero-order valence-corrected chi connectivity index (χ0v) is 16.6. The highest BCUT2D eigenvalue weighted by molar-refractivity contribution is 6.05. The Balaban J connectivity index is 1.17. The van der Waals surface area contributed by atoms with Crippen LogP contribution >= 0.6 is 0 Å². The first-order chi connectivity index (χ1) is 14.7. The minimum atomic E-state index is -0.146. The molecule has 154 valence electrons. The first-order valence-corrected chi connectivity index (χ1v) is 10.5. The summed E-state index contributed by atoms with van der Waals surface area (Å²) in [5, 5.41) is 2.96. The molecule has 0 aliphatic carbocycles. The van der Waals surface area contributed by atoms with E-state index in [1.807, 2.05) is 30.3 Å². The summed E-state index contributed by atoms with van der Waals surface area (Å²) in [7, 11) is 0. The van der Waals surface area contributed by atoms with Crippen LogP contribution in [-0.4, -0.2) is 42.8 Å². The second kappa shape index (κ2) is 6.74. The molecule has 0 unspecified atom stereocenters. The summed E-state index contributed by atoms with van der Waals surface area (Å²) >= 11 is 0. The van der Waals surface area contributed by atoms with Crippen molar-refractivity contribution in [3.63, 3.8) is 0 Å². The van der Waals surface area contributed by atoms with Crippen molar-refractivity contribution < 1.29 is 18.7 Å². The predicted molar refractivity (Wildman–Crippen MR) is 112 cm³/mol. The number of oxazole rings is 1. The van der Waals surface area contributed by atoms with E-state index in [9.17, 15) is 4.79 Å². The fraction of sp³-hybridized carbons (Fsp3) is 0.391. The van der Waals surface area contributed by atoms with Crippen molar-refractivity contribution in [1.82, 2.24) is 4.98 Å². The molecule has 1 aromatic heterocycles. The maximum atomic E-state index is 12.7. The maximum Gasteiger partial charge on any atom is 0.298 e. The lowest BCUT2D eigenvalue weighted by molar-refractivity contribution is -0.0962. The van der Waals surface area contributed by atoms with Crippen molar-refractivity contribution in [3.8, 4) is 5.75 Å². The largest absolute Gasteiger partial charge is 0.493 e. The van der Waals surface area contributed by atoms with Crippen LogP contribution in [0.1, 0.15) is 35.2 Å². The molecule has 0 saturated carbocycles. The fourth-order valence-corrected chi connectivity index (χ4v) is 4.60. The molecule has 3 aromatic rings. The SMILES string of the molecule is O=C(Nc1ccc2oc(N3CC4(CCCCO4)C3)nc2c1)c1ccc2c(c1)CCO2. The molecule has 30 heavy (non-hydrogen) atoms. The van der Waals surface area contributed by atoms with Crippen LogP contribution in [0.25, 0.3) is 11.1 Å². The Morgan fingerprint density at radius 3 is 2.90 bits per heavy atom. The highest BCUT2D eigenvalue weighted by Crippen LogP contribution is 2.37. The molecule has 0 radical (unpaired) electrons. The van der Waals surface area contributed by atoms with Gasteiger partial charge in [-0.1, -0.05) is 0 Å². The molecule has 1 N–H and O–H groups in total. The number of rotatable bonds is 3. The van der Waals surface area contributed by atoms with Crippen LogP contribution in [0.3, 0.4) is 0 Å². The smallest absolute Gasteiger partial charge is 0.298 e. The summed E-state index contributed by atoms with van der Waals surface area (Å²) in [4.78, 5) is 19.4. The first-order valence-electron chi connectivity index (χ1n) is 10.5. The summed E-state index contributed by atoms with van der Waals surface area (Å²) in [6, 6.07) is 11.7. The molecule has 6 rings (SSSR count). The van der Waals surface area contributed by atoms with Gasteiger partial charge in [-0.25, -0.2) is 0 Å². The van der Waals surface area contributed by atoms with Gasteiger partial charge in [-0.15, -0.1) is 0 Å². The van der Waals surface area contributed by atoms with E-state index in [4.69, 9.17) is 13.9 Å². The number of ether oxygens (including phenoxy) is 2. The van der Waals surface area contributed by atoms with E-state index < -0.39 is 0 Å². The number of fused-ring (bicyclic) bond motifs is 2. The van der Waals surface area contributed by atoms with Crippen molar-refractivity contribution in [1.29, 1.82) is 0 Å². The van der Waals surface area contributed by atoms with E-state index in [-0.39, 0.29) is 11.5 Å². The number of anilines is 2. The molecule has 2 saturated heterocycles. The third-order valence-corrected chi connectivity index (χ3v) is 6.25. The van der Waals surface area contributed by atoms with Crippen molar-refractivity contribution in [2.24, 2.45) is 0 Å². The van der Waals surface area contributed by atoms with Crippen LogP contribution < -0.4 is 15.0 Å². The van der Waals surface area contributed by atoms with Gasteiger partial charge in [0.1, 0.15) is 16.9 Å². The van der Waals surface area contributed by atoms with Gasteiger partial charge >= 0.3 is 0 Å². The minimum absolute atomic E-state index is 0.0149. The molecular weight excluding hydrogens is 382 g/mol. The molecule has 1 spiro atoms. The van der Waals surface area contributed by atoms with Gasteiger partial charge in [0.2, 0.25) is 0 Å². The van der Waals surface area contributed by atoms with E-state index in [2.05, 4.69) is 15.2 Å². The lowest BCUT2D eigenvalue weighted by atomic mass is 9.86. The van der Waals surface area contributed by atoms with Crippen molar-refractivity contribution in [2.45, 2.75) is 31.3 Å². The fourth-order valence-electron chi connectivity index (χ4n) is 4.60. The zero-order chi connectivity index (χ0) is 20.1. The average Bonchev–Trinajstić information content (AvgIpc) is 3.38. The average molecular weight is 405 g/mol. The van der Waals surface area contributed by atoms with Gasteiger partial charge in [0.25, 0.3) is 11.9 Å². The molecular formula is C23H23N3O4. The van der Waals surface area contributed by atoms with Gasteiger partial charge in [0.15, 0.2) is 5.58 Å². The van der Waals surface area contributed by atoms with E-state index in [0.717, 1.165) is 55.8 Å². The summed E-state index contributed by atoms with van der Waals surface area (Å²) in [6.45, 7) is 3.18. The number of carbonyl (C=O) groups excluding carboxylic acids is 1. The van der Waals surface area contributed by atoms with Crippen LogP contribution in [0.5, 0.6) is 5.75 Å². The standard InChI is InChI=1S/C23H23N3O4/c27-21(16-3-5-19-15(11-16)7-10-28-19)24-17-4-6-20-18(12-17)25-22(30-20)26-13-23(14-26)8-1-2-9-29-23/h3-6,11-12H,1-2,7-10,13-14H2,(H,24,27). The number of benzene rings is 2. The van der Waals surface area contributed by atoms with Crippen molar-refractivity contribution in [3.05, 3.63) is 47.5 Å². The number of hydrogen-bond donors (Lipinski definition) is 1. The molecule has 7 nitrogen and oxygen atoms in total. The number of nitrogens with one attached hydrogen (secondary N) is 1. The molecule has 2 aromatic carbocycles. The second-order valence-electron chi connectivity index (χ2n) is 8.40. The Morgan fingerprint density at radius 1 is 1.10 bits per heavy atom. The van der Waals surface area contributed by atoms with Crippen LogP contribution in [0.4, 0.5) is 11.7 Å². The third-order valence-electron chi connectivity index (χ3n) is 6.25. The normalized spacial score (nSPS) is 19.4. The summed E-state index contributed by atoms with van der Waals surface area (Å²) < 4.78 is 17.4. The molecule has 3 aliphatic heterocycles. The van der Waals surface area contributed by atoms with E-state index in [1.54, 1.807) is 6.07 Å². The number of aromatic nitrogens is 1. The molecule has 1 amide bonds. The van der Waals surface area contributed by atoms with Gasteiger partial charge in [-0.2, -0.15) is 4.98 Å². The van der Waals surface area contributed by atoms with Crippen LogP contribution in [-0.2, 0) is 11.2 Å². The molecule has 7 heteroatoms. The maximum absolute atomic E-state index is 12.7. The topological polar surface area (TPSA) is 76.8 Å². The highest BCUT2D eigenvalue weighted by atomic mass is 16.5. The summed E-state index contributed by atoms with van der Waals surface area (Å²) in [6.07, 6.45) is 4.32. The Kier molecular flexibility index (Phi) is 3.99. The molecule has 3 aliphatic rings. The van der Waals surface area contributed by atoms with Crippen LogP contribution in [0, 0.1) is 0 Å². The van der Waals surface area contributed by atoms with Gasteiger partial charge in [0, 0.05) is 24.3 Å². The Labute approximate surface area is 174 Å². The first kappa shape index (κ1) is 17.8. The van der Waals surface area contributed by atoms with Crippen LogP contribution in [0.15, 0.2) is 40.8 Å². The third kappa shape index (κ3) is 3.01. The Bertz CT molecular complexity index is 1120. The second-order valence-corrected chi connectivity index (χ2v) is 8.40. The number of amides is 1. The predicted octanol–water partition coefficient (Wildman–Crippen LogP) is 3.77. The minimum Gasteiger partial charge on any atom is -0.493 e. The lowest BCUT2D eigenvalue weighted by Crippen LogP contribution is -2.64. The summed E-state index contributed by atoms with van der Waals surface area (Å²) in [5.74, 6) is 0.724. The van der Waals surface area contributed by atoms with Crippen LogP contribution in [0.2, 0.25) is 0 Å². The zero-order valence-electron chi connectivity index (χ0n) is 16.6. The van der Waals surface area contributed by atoms with E-state index >= 15 is 0 Å². The van der Waals surface area contributed by atoms with Gasteiger partial charge in [-0.3, -0.25) is 4.79 Å². The molecule has 2 fully saturated rings. The molecule has 0 bridgehead atoms. The van der Waals surface area contributed by atoms with Gasteiger partial charge in [-0.05, 0) is 61.2 Å². The van der Waals surface area contributed by atoms with E-state index in [1.165, 1.54) is 6.42 Å². The van der Waals surface area contributed by atoms with E-state index in [0.29, 0.717) is 29.5 Å². The Hall–Kier alpha value is -3.06. The number of hydrogen-bond acceptors (Lipinski definition) is 6. The Morgan fingerprint density at radius 2 is 2.03 bits per heavy atom. The van der Waals surface area contributed by atoms with Crippen molar-refractivity contribution in [2.75, 3.05) is 36.5 Å².